The molecule has 1 fully saturated rings. The number of hydrogen-bond acceptors (Lipinski definition) is 5. The molecule has 0 radical (unpaired) electrons. The van der Waals surface area contributed by atoms with Gasteiger partial charge in [0.15, 0.2) is 0 Å². The molecule has 0 aromatic carbocycles. The van der Waals surface area contributed by atoms with E-state index in [2.05, 4.69) is 14.6 Å². The standard InChI is InChI=1S/C19H21N3O5/c1-5-21-11(2)8-13(12(21)3)9-15-17(23)22(19(25)20-15)10-14-6-7-16(27-14)18(24)26-4/h6-9H,5,10H2,1-4H3,(H,20,25)/b15-9-. The van der Waals surface area contributed by atoms with Gasteiger partial charge in [0.1, 0.15) is 11.5 Å². The quantitative estimate of drug-likeness (QED) is 0.495. The minimum absolute atomic E-state index is 0.0160. The van der Waals surface area contributed by atoms with Crippen LogP contribution in [0.25, 0.3) is 6.08 Å². The number of ether oxygens (including phenoxy) is 1. The summed E-state index contributed by atoms with van der Waals surface area (Å²) in [5.41, 5.74) is 3.19. The Morgan fingerprint density at radius 3 is 2.67 bits per heavy atom. The highest BCUT2D eigenvalue weighted by Crippen LogP contribution is 2.22. The number of aromatic nitrogens is 1. The average molecular weight is 371 g/mol. The summed E-state index contributed by atoms with van der Waals surface area (Å²) in [5.74, 6) is -0.741. The number of esters is 1. The second-order valence-corrected chi connectivity index (χ2v) is 6.21. The van der Waals surface area contributed by atoms with E-state index in [1.165, 1.54) is 19.2 Å². The fraction of sp³-hybridized carbons (Fsp3) is 0.316. The summed E-state index contributed by atoms with van der Waals surface area (Å²) in [5, 5.41) is 2.59. The van der Waals surface area contributed by atoms with Crippen LogP contribution in [0.2, 0.25) is 0 Å². The van der Waals surface area contributed by atoms with Crippen molar-refractivity contribution in [2.45, 2.75) is 33.9 Å². The Kier molecular flexibility index (Phi) is 4.89. The van der Waals surface area contributed by atoms with Crippen LogP contribution in [-0.4, -0.2) is 34.5 Å². The first-order valence-electron chi connectivity index (χ1n) is 8.54. The molecule has 0 spiro atoms. The van der Waals surface area contributed by atoms with Crippen LogP contribution in [-0.2, 0) is 22.6 Å². The number of aryl methyl sites for hydroxylation is 1. The maximum atomic E-state index is 12.6. The predicted molar refractivity (Wildman–Crippen MR) is 96.7 cm³/mol. The van der Waals surface area contributed by atoms with E-state index in [1.807, 2.05) is 26.8 Å². The van der Waals surface area contributed by atoms with Gasteiger partial charge in [-0.15, -0.1) is 0 Å². The molecule has 0 unspecified atom stereocenters. The van der Waals surface area contributed by atoms with Crippen LogP contribution >= 0.6 is 0 Å². The molecule has 1 aliphatic heterocycles. The first kappa shape index (κ1) is 18.5. The van der Waals surface area contributed by atoms with Gasteiger partial charge < -0.3 is 19.0 Å². The number of urea groups is 1. The smallest absolute Gasteiger partial charge is 0.373 e. The van der Waals surface area contributed by atoms with E-state index >= 15 is 0 Å². The second-order valence-electron chi connectivity index (χ2n) is 6.21. The third kappa shape index (κ3) is 3.38. The highest BCUT2D eigenvalue weighted by atomic mass is 16.5. The largest absolute Gasteiger partial charge is 0.463 e. The Bertz CT molecular complexity index is 951. The van der Waals surface area contributed by atoms with Crippen LogP contribution in [0.1, 0.15) is 40.2 Å². The summed E-state index contributed by atoms with van der Waals surface area (Å²) in [6.45, 7) is 6.77. The molecule has 2 aromatic rings. The number of hydrogen-bond donors (Lipinski definition) is 1. The summed E-state index contributed by atoms with van der Waals surface area (Å²) < 4.78 is 12.0. The van der Waals surface area contributed by atoms with Crippen molar-refractivity contribution in [1.82, 2.24) is 14.8 Å². The molecule has 3 rings (SSSR count). The van der Waals surface area contributed by atoms with Gasteiger partial charge in [-0.25, -0.2) is 9.59 Å². The molecule has 1 saturated heterocycles. The molecule has 0 bridgehead atoms. The molecule has 0 atom stereocenters. The van der Waals surface area contributed by atoms with Crippen molar-refractivity contribution in [2.75, 3.05) is 7.11 Å². The lowest BCUT2D eigenvalue weighted by Gasteiger charge is -2.09. The summed E-state index contributed by atoms with van der Waals surface area (Å²) in [7, 11) is 1.24. The first-order chi connectivity index (χ1) is 12.8. The molecule has 1 aliphatic rings. The normalized spacial score (nSPS) is 15.6. The molecular formula is C19H21N3O5. The Labute approximate surface area is 156 Å². The van der Waals surface area contributed by atoms with E-state index < -0.39 is 17.9 Å². The van der Waals surface area contributed by atoms with Gasteiger partial charge in [-0.1, -0.05) is 0 Å². The molecule has 142 valence electrons. The fourth-order valence-corrected chi connectivity index (χ4v) is 3.16. The van der Waals surface area contributed by atoms with Gasteiger partial charge in [-0.3, -0.25) is 9.69 Å². The van der Waals surface area contributed by atoms with Crippen LogP contribution in [0.15, 0.2) is 28.3 Å². The van der Waals surface area contributed by atoms with Crippen LogP contribution in [0.4, 0.5) is 4.79 Å². The maximum Gasteiger partial charge on any atom is 0.373 e. The molecule has 2 aromatic heterocycles. The fourth-order valence-electron chi connectivity index (χ4n) is 3.16. The Morgan fingerprint density at radius 1 is 1.30 bits per heavy atom. The number of imide groups is 1. The minimum atomic E-state index is -0.620. The van der Waals surface area contributed by atoms with E-state index in [0.717, 1.165) is 28.4 Å². The molecule has 8 heteroatoms. The molecule has 3 amide bonds. The lowest BCUT2D eigenvalue weighted by Crippen LogP contribution is -2.30. The van der Waals surface area contributed by atoms with E-state index in [4.69, 9.17) is 4.42 Å². The average Bonchev–Trinajstić information content (AvgIpc) is 3.29. The highest BCUT2D eigenvalue weighted by molar-refractivity contribution is 6.13. The lowest BCUT2D eigenvalue weighted by molar-refractivity contribution is -0.123. The number of rotatable bonds is 5. The monoisotopic (exact) mass is 371 g/mol. The number of carbonyl (C=O) groups excluding carboxylic acids is 3. The molecule has 0 saturated carbocycles. The molecule has 8 nitrogen and oxygen atoms in total. The van der Waals surface area contributed by atoms with Crippen molar-refractivity contribution in [3.05, 3.63) is 52.4 Å². The second kappa shape index (κ2) is 7.14. The van der Waals surface area contributed by atoms with E-state index in [9.17, 15) is 14.4 Å². The Hall–Kier alpha value is -3.29. The van der Waals surface area contributed by atoms with Crippen molar-refractivity contribution in [3.8, 4) is 0 Å². The van der Waals surface area contributed by atoms with Gasteiger partial charge in [-0.2, -0.15) is 0 Å². The van der Waals surface area contributed by atoms with E-state index in [1.54, 1.807) is 6.08 Å². The third-order valence-electron chi connectivity index (χ3n) is 4.55. The van der Waals surface area contributed by atoms with Crippen LogP contribution in [0.3, 0.4) is 0 Å². The SMILES string of the molecule is CCn1c(C)cc(/C=C2\NC(=O)N(Cc3ccc(C(=O)OC)o3)C2=O)c1C. The molecule has 1 N–H and O–H groups in total. The van der Waals surface area contributed by atoms with Crippen molar-refractivity contribution in [3.63, 3.8) is 0 Å². The number of nitrogens with one attached hydrogen (secondary N) is 1. The zero-order valence-corrected chi connectivity index (χ0v) is 15.7. The van der Waals surface area contributed by atoms with E-state index in [0.29, 0.717) is 5.76 Å². The summed E-state index contributed by atoms with van der Waals surface area (Å²) in [6, 6.07) is 4.41. The molecule has 3 heterocycles. The highest BCUT2D eigenvalue weighted by Gasteiger charge is 2.34. The summed E-state index contributed by atoms with van der Waals surface area (Å²) in [4.78, 5) is 37.3. The molecule has 27 heavy (non-hydrogen) atoms. The number of methoxy groups -OCH3 is 1. The van der Waals surface area contributed by atoms with Gasteiger partial charge in [-0.05, 0) is 50.6 Å². The maximum absolute atomic E-state index is 12.6. The lowest BCUT2D eigenvalue weighted by atomic mass is 10.2. The number of furan rings is 1. The van der Waals surface area contributed by atoms with Crippen molar-refractivity contribution in [1.29, 1.82) is 0 Å². The third-order valence-corrected chi connectivity index (χ3v) is 4.55. The van der Waals surface area contributed by atoms with Crippen LogP contribution in [0, 0.1) is 13.8 Å². The van der Waals surface area contributed by atoms with Gasteiger partial charge in [0.25, 0.3) is 5.91 Å². The van der Waals surface area contributed by atoms with Crippen molar-refractivity contribution >= 4 is 24.0 Å². The van der Waals surface area contributed by atoms with Gasteiger partial charge in [0.05, 0.1) is 13.7 Å². The van der Waals surface area contributed by atoms with Crippen molar-refractivity contribution in [2.24, 2.45) is 0 Å². The number of amides is 3. The summed E-state index contributed by atoms with van der Waals surface area (Å²) in [6.07, 6.45) is 1.68. The minimum Gasteiger partial charge on any atom is -0.463 e. The van der Waals surface area contributed by atoms with Gasteiger partial charge in [0.2, 0.25) is 5.76 Å². The first-order valence-corrected chi connectivity index (χ1v) is 8.54. The molecule has 0 aliphatic carbocycles. The Morgan fingerprint density at radius 2 is 2.04 bits per heavy atom. The topological polar surface area (TPSA) is 93.8 Å². The van der Waals surface area contributed by atoms with Crippen LogP contribution < -0.4 is 5.32 Å². The van der Waals surface area contributed by atoms with Gasteiger partial charge >= 0.3 is 12.0 Å². The van der Waals surface area contributed by atoms with Gasteiger partial charge in [0, 0.05) is 17.9 Å². The van der Waals surface area contributed by atoms with Crippen molar-refractivity contribution < 1.29 is 23.5 Å². The van der Waals surface area contributed by atoms with Crippen LogP contribution in [0.5, 0.6) is 0 Å². The zero-order valence-electron chi connectivity index (χ0n) is 15.7. The summed E-state index contributed by atoms with van der Waals surface area (Å²) >= 11 is 0. The Balaban J connectivity index is 1.81. The zero-order chi connectivity index (χ0) is 19.7. The molecular weight excluding hydrogens is 350 g/mol. The predicted octanol–water partition coefficient (Wildman–Crippen LogP) is 2.60. The van der Waals surface area contributed by atoms with E-state index in [-0.39, 0.29) is 18.0 Å². The number of nitrogens with zero attached hydrogens (tertiary/aromatic N) is 2. The number of carbonyl (C=O) groups is 3.